The number of ether oxygens (including phenoxy) is 1. The summed E-state index contributed by atoms with van der Waals surface area (Å²) in [7, 11) is 1.46. The Morgan fingerprint density at radius 2 is 1.93 bits per heavy atom. The van der Waals surface area contributed by atoms with Crippen LogP contribution in [0, 0.1) is 5.92 Å². The minimum absolute atomic E-state index is 0.133. The molecule has 13 heteroatoms. The van der Waals surface area contributed by atoms with Gasteiger partial charge in [0.1, 0.15) is 0 Å². The lowest BCUT2D eigenvalue weighted by Crippen LogP contribution is -2.45. The van der Waals surface area contributed by atoms with Crippen molar-refractivity contribution in [2.24, 2.45) is 5.92 Å². The van der Waals surface area contributed by atoms with Crippen LogP contribution in [0.5, 0.6) is 0 Å². The van der Waals surface area contributed by atoms with E-state index in [0.717, 1.165) is 0 Å². The number of halogens is 5. The average Bonchev–Trinajstić information content (AvgIpc) is 2.53. The highest BCUT2D eigenvalue weighted by atomic mass is 19.4. The summed E-state index contributed by atoms with van der Waals surface area (Å²) in [6.45, 7) is 0.250. The maximum atomic E-state index is 12.8. The number of nitrogens with one attached hydrogen (secondary N) is 1. The fraction of sp³-hybridized carbons (Fsp3) is 0.571. The molecule has 1 aromatic heterocycles. The third-order valence-electron chi connectivity index (χ3n) is 3.53. The molecule has 0 amide bonds. The number of carbonyl (C=O) groups is 2. The van der Waals surface area contributed by atoms with E-state index < -0.39 is 24.0 Å². The molecular formula is C14H16F5N3O5. The third kappa shape index (κ3) is 7.29. The summed E-state index contributed by atoms with van der Waals surface area (Å²) < 4.78 is 62.6. The summed E-state index contributed by atoms with van der Waals surface area (Å²) in [5.74, 6) is -6.59. The van der Waals surface area contributed by atoms with Crippen LogP contribution >= 0.6 is 0 Å². The van der Waals surface area contributed by atoms with Gasteiger partial charge in [0.2, 0.25) is 11.9 Å². The van der Waals surface area contributed by atoms with E-state index in [2.05, 4.69) is 15.3 Å². The summed E-state index contributed by atoms with van der Waals surface area (Å²) in [5, 5.41) is 18.7. The van der Waals surface area contributed by atoms with Crippen LogP contribution < -0.4 is 5.32 Å². The Morgan fingerprint density at radius 1 is 1.37 bits per heavy atom. The molecule has 0 aromatic carbocycles. The number of aromatic carboxylic acids is 1. The molecule has 2 rings (SSSR count). The summed E-state index contributed by atoms with van der Waals surface area (Å²) >= 11 is 0. The van der Waals surface area contributed by atoms with Crippen molar-refractivity contribution < 1.29 is 46.5 Å². The predicted molar refractivity (Wildman–Crippen MR) is 79.6 cm³/mol. The van der Waals surface area contributed by atoms with Gasteiger partial charge in [0.05, 0.1) is 6.10 Å². The SMILES string of the molecule is COC(CNc1nccc(C(=O)O)n1)C1CC(F)(F)C1.O=C(O)C(F)(F)F. The number of anilines is 1. The van der Waals surface area contributed by atoms with E-state index in [1.165, 1.54) is 19.4 Å². The molecule has 0 radical (unpaired) electrons. The molecule has 3 N–H and O–H groups in total. The standard InChI is InChI=1S/C12H15F2N3O3.C2HF3O2/c1-20-9(7-4-12(13,14)5-7)6-16-11-15-3-2-8(17-11)10(18)19;3-2(4,5)1(6)7/h2-3,7,9H,4-6H2,1H3,(H,18,19)(H,15,16,17);(H,6,7). The molecule has 152 valence electrons. The van der Waals surface area contributed by atoms with E-state index in [4.69, 9.17) is 19.7 Å². The molecular weight excluding hydrogens is 385 g/mol. The van der Waals surface area contributed by atoms with E-state index in [1.807, 2.05) is 0 Å². The van der Waals surface area contributed by atoms with Crippen LogP contribution in [0.4, 0.5) is 27.9 Å². The normalized spacial score (nSPS) is 17.1. The fourth-order valence-corrected chi connectivity index (χ4v) is 2.17. The molecule has 1 aromatic rings. The Hall–Kier alpha value is -2.57. The molecule has 1 aliphatic rings. The summed E-state index contributed by atoms with van der Waals surface area (Å²) in [4.78, 5) is 27.3. The highest BCUT2D eigenvalue weighted by Crippen LogP contribution is 2.44. The molecule has 0 aliphatic heterocycles. The lowest BCUT2D eigenvalue weighted by Gasteiger charge is -2.39. The first kappa shape index (κ1) is 22.5. The van der Waals surface area contributed by atoms with Crippen molar-refractivity contribution in [3.8, 4) is 0 Å². The first-order chi connectivity index (χ1) is 12.4. The van der Waals surface area contributed by atoms with Crippen molar-refractivity contribution in [3.63, 3.8) is 0 Å². The second-order valence-electron chi connectivity index (χ2n) is 5.55. The van der Waals surface area contributed by atoms with Gasteiger partial charge in [0, 0.05) is 32.7 Å². The zero-order valence-electron chi connectivity index (χ0n) is 13.8. The van der Waals surface area contributed by atoms with Gasteiger partial charge in [-0.05, 0) is 12.0 Å². The maximum Gasteiger partial charge on any atom is 0.490 e. The lowest BCUT2D eigenvalue weighted by atomic mass is 9.77. The quantitative estimate of drug-likeness (QED) is 0.621. The molecule has 1 heterocycles. The minimum Gasteiger partial charge on any atom is -0.477 e. The number of hydrogen-bond acceptors (Lipinski definition) is 6. The van der Waals surface area contributed by atoms with Gasteiger partial charge in [-0.1, -0.05) is 0 Å². The number of alkyl halides is 5. The fourth-order valence-electron chi connectivity index (χ4n) is 2.17. The second-order valence-corrected chi connectivity index (χ2v) is 5.55. The molecule has 27 heavy (non-hydrogen) atoms. The van der Waals surface area contributed by atoms with E-state index in [-0.39, 0.29) is 43.1 Å². The zero-order chi connectivity index (χ0) is 20.8. The number of rotatable bonds is 6. The molecule has 0 saturated heterocycles. The van der Waals surface area contributed by atoms with Crippen molar-refractivity contribution in [2.75, 3.05) is 19.0 Å². The molecule has 0 bridgehead atoms. The molecule has 1 saturated carbocycles. The van der Waals surface area contributed by atoms with Gasteiger partial charge in [-0.2, -0.15) is 13.2 Å². The van der Waals surface area contributed by atoms with Crippen LogP contribution in [0.2, 0.25) is 0 Å². The lowest BCUT2D eigenvalue weighted by molar-refractivity contribution is -0.192. The van der Waals surface area contributed by atoms with Crippen molar-refractivity contribution in [2.45, 2.75) is 31.0 Å². The Labute approximate surface area is 149 Å². The van der Waals surface area contributed by atoms with Crippen LogP contribution in [0.3, 0.4) is 0 Å². The van der Waals surface area contributed by atoms with E-state index >= 15 is 0 Å². The van der Waals surface area contributed by atoms with E-state index in [0.29, 0.717) is 0 Å². The molecule has 1 unspecified atom stereocenters. The number of hydrogen-bond donors (Lipinski definition) is 3. The van der Waals surface area contributed by atoms with Crippen LogP contribution in [0.1, 0.15) is 23.3 Å². The highest BCUT2D eigenvalue weighted by molar-refractivity contribution is 5.85. The van der Waals surface area contributed by atoms with Gasteiger partial charge in [-0.15, -0.1) is 0 Å². The van der Waals surface area contributed by atoms with Gasteiger partial charge in [-0.3, -0.25) is 0 Å². The van der Waals surface area contributed by atoms with Gasteiger partial charge in [-0.25, -0.2) is 28.3 Å². The highest BCUT2D eigenvalue weighted by Gasteiger charge is 2.48. The van der Waals surface area contributed by atoms with Crippen molar-refractivity contribution in [1.82, 2.24) is 9.97 Å². The summed E-state index contributed by atoms with van der Waals surface area (Å²) in [5.41, 5.74) is -0.133. The van der Waals surface area contributed by atoms with Crippen molar-refractivity contribution in [1.29, 1.82) is 0 Å². The molecule has 8 nitrogen and oxygen atoms in total. The van der Waals surface area contributed by atoms with E-state index in [9.17, 15) is 26.7 Å². The molecule has 1 fully saturated rings. The number of aliphatic carboxylic acids is 1. The number of methoxy groups -OCH3 is 1. The number of carboxylic acids is 2. The first-order valence-electron chi connectivity index (χ1n) is 7.36. The number of nitrogens with zero attached hydrogens (tertiary/aromatic N) is 2. The smallest absolute Gasteiger partial charge is 0.477 e. The minimum atomic E-state index is -5.08. The predicted octanol–water partition coefficient (Wildman–Crippen LogP) is 2.28. The molecule has 0 spiro atoms. The van der Waals surface area contributed by atoms with Gasteiger partial charge < -0.3 is 20.3 Å². The van der Waals surface area contributed by atoms with Crippen LogP contribution in [-0.4, -0.2) is 64.0 Å². The first-order valence-corrected chi connectivity index (χ1v) is 7.36. The van der Waals surface area contributed by atoms with E-state index in [1.54, 1.807) is 0 Å². The zero-order valence-corrected chi connectivity index (χ0v) is 13.8. The second kappa shape index (κ2) is 8.88. The van der Waals surface area contributed by atoms with Crippen LogP contribution in [0.15, 0.2) is 12.3 Å². The monoisotopic (exact) mass is 401 g/mol. The van der Waals surface area contributed by atoms with Crippen LogP contribution in [0.25, 0.3) is 0 Å². The maximum absolute atomic E-state index is 12.8. The third-order valence-corrected chi connectivity index (χ3v) is 3.53. The van der Waals surface area contributed by atoms with Crippen molar-refractivity contribution >= 4 is 17.9 Å². The van der Waals surface area contributed by atoms with Crippen LogP contribution in [-0.2, 0) is 9.53 Å². The molecule has 1 atom stereocenters. The Morgan fingerprint density at radius 3 is 2.33 bits per heavy atom. The topological polar surface area (TPSA) is 122 Å². The summed E-state index contributed by atoms with van der Waals surface area (Å²) in [6.07, 6.45) is -4.53. The van der Waals surface area contributed by atoms with Gasteiger partial charge >= 0.3 is 18.1 Å². The Kier molecular flexibility index (Phi) is 7.39. The van der Waals surface area contributed by atoms with Gasteiger partial charge in [0.25, 0.3) is 0 Å². The number of carboxylic acid groups (broad SMARTS) is 2. The van der Waals surface area contributed by atoms with Crippen molar-refractivity contribution in [3.05, 3.63) is 18.0 Å². The Balaban J connectivity index is 0.000000445. The largest absolute Gasteiger partial charge is 0.490 e. The van der Waals surface area contributed by atoms with Gasteiger partial charge in [0.15, 0.2) is 5.69 Å². The Bertz CT molecular complexity index is 663. The summed E-state index contributed by atoms with van der Waals surface area (Å²) in [6, 6.07) is 1.27. The number of aromatic nitrogens is 2. The molecule has 1 aliphatic carbocycles. The average molecular weight is 401 g/mol.